The second kappa shape index (κ2) is 9.23. The van der Waals surface area contributed by atoms with Gasteiger partial charge in [-0.1, -0.05) is 35.5 Å². The molecule has 2 N–H and O–H groups in total. The molecule has 0 saturated carbocycles. The molecule has 0 unspecified atom stereocenters. The summed E-state index contributed by atoms with van der Waals surface area (Å²) in [4.78, 5) is 26.5. The Morgan fingerprint density at radius 2 is 1.90 bits per heavy atom. The van der Waals surface area contributed by atoms with E-state index in [1.165, 1.54) is 23.9 Å². The number of hydrogen-bond donors (Lipinski definition) is 1. The number of nitrogen functional groups attached to an aromatic ring is 1. The molecular weight excluding hydrogens is 414 g/mol. The maximum absolute atomic E-state index is 11.7. The Morgan fingerprint density at radius 3 is 2.52 bits per heavy atom. The van der Waals surface area contributed by atoms with Crippen molar-refractivity contribution in [2.24, 2.45) is 0 Å². The predicted molar refractivity (Wildman–Crippen MR) is 120 cm³/mol. The van der Waals surface area contributed by atoms with Crippen molar-refractivity contribution in [3.8, 4) is 6.07 Å². The molecule has 9 nitrogen and oxygen atoms in total. The van der Waals surface area contributed by atoms with E-state index in [4.69, 9.17) is 5.73 Å². The van der Waals surface area contributed by atoms with Crippen molar-refractivity contribution in [2.75, 3.05) is 24.7 Å². The fourth-order valence-corrected chi connectivity index (χ4v) is 3.50. The fourth-order valence-electron chi connectivity index (χ4n) is 2.60. The van der Waals surface area contributed by atoms with Crippen molar-refractivity contribution in [1.29, 1.82) is 5.26 Å². The normalized spacial score (nSPS) is 11.1. The average Bonchev–Trinajstić information content (AvgIpc) is 2.73. The molecule has 0 atom stereocenters. The van der Waals surface area contributed by atoms with Gasteiger partial charge in [-0.2, -0.15) is 20.2 Å². The summed E-state index contributed by atoms with van der Waals surface area (Å²) in [6.07, 6.45) is 1.49. The summed E-state index contributed by atoms with van der Waals surface area (Å²) >= 11 is 1.31. The van der Waals surface area contributed by atoms with Gasteiger partial charge in [0, 0.05) is 25.1 Å². The maximum atomic E-state index is 11.7. The van der Waals surface area contributed by atoms with E-state index in [0.717, 1.165) is 10.5 Å². The van der Waals surface area contributed by atoms with Crippen LogP contribution in [-0.2, 0) is 0 Å². The van der Waals surface area contributed by atoms with Crippen LogP contribution in [0.3, 0.4) is 0 Å². The molecule has 0 fully saturated rings. The van der Waals surface area contributed by atoms with Crippen LogP contribution in [0, 0.1) is 28.4 Å². The molecule has 1 heterocycles. The summed E-state index contributed by atoms with van der Waals surface area (Å²) in [6, 6.07) is 14.6. The van der Waals surface area contributed by atoms with Crippen molar-refractivity contribution in [2.45, 2.75) is 16.7 Å². The third-order valence-corrected chi connectivity index (χ3v) is 5.21. The molecule has 0 saturated heterocycles. The Bertz CT molecular complexity index is 1200. The van der Waals surface area contributed by atoms with Gasteiger partial charge in [0.1, 0.15) is 6.07 Å². The first-order chi connectivity index (χ1) is 14.8. The highest BCUT2D eigenvalue weighted by atomic mass is 32.2. The highest BCUT2D eigenvalue weighted by molar-refractivity contribution is 7.99. The lowest BCUT2D eigenvalue weighted by Crippen LogP contribution is -2.15. The van der Waals surface area contributed by atoms with Crippen molar-refractivity contribution < 1.29 is 4.92 Å². The number of aromatic nitrogens is 3. The summed E-state index contributed by atoms with van der Waals surface area (Å²) in [6.45, 7) is 1.98. The molecular formula is C21H19N7O2S. The first kappa shape index (κ1) is 21.7. The first-order valence-corrected chi connectivity index (χ1v) is 9.92. The first-order valence-electron chi connectivity index (χ1n) is 9.11. The number of nitriles is 1. The average molecular weight is 433 g/mol. The van der Waals surface area contributed by atoms with E-state index in [1.54, 1.807) is 31.1 Å². The van der Waals surface area contributed by atoms with Gasteiger partial charge in [-0.15, -0.1) is 0 Å². The van der Waals surface area contributed by atoms with Gasteiger partial charge in [-0.25, -0.2) is 0 Å². The zero-order valence-electron chi connectivity index (χ0n) is 17.1. The van der Waals surface area contributed by atoms with E-state index < -0.39 is 4.92 Å². The van der Waals surface area contributed by atoms with Crippen LogP contribution in [0.2, 0.25) is 0 Å². The molecule has 0 amide bonds. The number of nitro groups is 1. The second-order valence-electron chi connectivity index (χ2n) is 6.78. The van der Waals surface area contributed by atoms with Crippen LogP contribution >= 0.6 is 11.8 Å². The Morgan fingerprint density at radius 1 is 1.19 bits per heavy atom. The highest BCUT2D eigenvalue weighted by Crippen LogP contribution is 2.36. The number of nitrogens with two attached hydrogens (primary N) is 1. The van der Waals surface area contributed by atoms with Gasteiger partial charge in [0.25, 0.3) is 5.69 Å². The summed E-state index contributed by atoms with van der Waals surface area (Å²) in [5.74, 6) is 0.379. The van der Waals surface area contributed by atoms with E-state index in [0.29, 0.717) is 16.4 Å². The minimum Gasteiger partial charge on any atom is -0.368 e. The number of allylic oxidation sites excluding steroid dienone is 1. The van der Waals surface area contributed by atoms with Crippen LogP contribution in [0.15, 0.2) is 52.3 Å². The van der Waals surface area contributed by atoms with Crippen LogP contribution in [-0.4, -0.2) is 34.0 Å². The predicted octanol–water partition coefficient (Wildman–Crippen LogP) is 3.95. The van der Waals surface area contributed by atoms with Gasteiger partial charge in [0.2, 0.25) is 11.9 Å². The van der Waals surface area contributed by atoms with Crippen molar-refractivity contribution in [1.82, 2.24) is 15.0 Å². The van der Waals surface area contributed by atoms with Crippen molar-refractivity contribution in [3.05, 3.63) is 69.5 Å². The third kappa shape index (κ3) is 5.34. The molecule has 0 radical (unpaired) electrons. The van der Waals surface area contributed by atoms with Crippen molar-refractivity contribution >= 4 is 41.0 Å². The number of nitro benzene ring substituents is 1. The summed E-state index contributed by atoms with van der Waals surface area (Å²) in [5, 5.41) is 21.3. The number of rotatable bonds is 6. The van der Waals surface area contributed by atoms with Crippen LogP contribution in [0.25, 0.3) is 11.6 Å². The molecule has 0 aliphatic heterocycles. The molecule has 156 valence electrons. The van der Waals surface area contributed by atoms with Gasteiger partial charge >= 0.3 is 0 Å². The summed E-state index contributed by atoms with van der Waals surface area (Å²) in [7, 11) is 3.48. The van der Waals surface area contributed by atoms with Crippen LogP contribution < -0.4 is 10.6 Å². The Balaban J connectivity index is 1.99. The van der Waals surface area contributed by atoms with Gasteiger partial charge in [-0.3, -0.25) is 10.1 Å². The second-order valence-corrected chi connectivity index (χ2v) is 7.90. The highest BCUT2D eigenvalue weighted by Gasteiger charge is 2.17. The van der Waals surface area contributed by atoms with E-state index in [9.17, 15) is 15.4 Å². The lowest BCUT2D eigenvalue weighted by molar-refractivity contribution is -0.387. The number of nitrogens with zero attached hydrogens (tertiary/aromatic N) is 6. The lowest BCUT2D eigenvalue weighted by Gasteiger charge is -2.11. The van der Waals surface area contributed by atoms with E-state index in [1.807, 2.05) is 37.3 Å². The fraction of sp³-hybridized carbons (Fsp3) is 0.143. The molecule has 31 heavy (non-hydrogen) atoms. The number of aryl methyl sites for hydroxylation is 1. The van der Waals surface area contributed by atoms with Crippen LogP contribution in [0.4, 0.5) is 17.6 Å². The minimum atomic E-state index is -0.439. The molecule has 0 bridgehead atoms. The summed E-state index contributed by atoms with van der Waals surface area (Å²) in [5.41, 5.74) is 7.38. The molecule has 10 heteroatoms. The molecule has 1 aromatic heterocycles. The zero-order valence-corrected chi connectivity index (χ0v) is 17.9. The Kier molecular flexibility index (Phi) is 6.47. The smallest absolute Gasteiger partial charge is 0.283 e. The molecule has 0 aliphatic rings. The third-order valence-electron chi connectivity index (χ3n) is 4.14. The molecule has 3 aromatic rings. The van der Waals surface area contributed by atoms with Crippen molar-refractivity contribution in [3.63, 3.8) is 0 Å². The monoisotopic (exact) mass is 433 g/mol. The standard InChI is InChI=1S/C21H19N7O2S/c1-13-4-7-16(8-5-13)31-18-9-6-14(11-17(18)28(29)30)10-15(12-22)19-24-20(23)26-21(25-19)27(2)3/h4-11H,1-3H3,(H2,23,24,25,26)/b15-10+. The zero-order chi connectivity index (χ0) is 22.5. The molecule has 0 aliphatic carbocycles. The largest absolute Gasteiger partial charge is 0.368 e. The number of hydrogen-bond acceptors (Lipinski definition) is 9. The maximum Gasteiger partial charge on any atom is 0.283 e. The van der Waals surface area contributed by atoms with E-state index >= 15 is 0 Å². The molecule has 2 aromatic carbocycles. The molecule has 0 spiro atoms. The number of benzene rings is 2. The van der Waals surface area contributed by atoms with Gasteiger partial charge in [-0.05, 0) is 36.8 Å². The minimum absolute atomic E-state index is 0.0225. The number of anilines is 2. The Hall–Kier alpha value is -3.97. The van der Waals surface area contributed by atoms with Gasteiger partial charge in [0.05, 0.1) is 15.4 Å². The Labute approximate surface area is 183 Å². The molecule has 3 rings (SSSR count). The lowest BCUT2D eigenvalue weighted by atomic mass is 10.1. The van der Waals surface area contributed by atoms with Crippen LogP contribution in [0.1, 0.15) is 17.0 Å². The van der Waals surface area contributed by atoms with E-state index in [-0.39, 0.29) is 23.0 Å². The quantitative estimate of drug-likeness (QED) is 0.348. The summed E-state index contributed by atoms with van der Waals surface area (Å²) < 4.78 is 0. The van der Waals surface area contributed by atoms with Crippen LogP contribution in [0.5, 0.6) is 0 Å². The van der Waals surface area contributed by atoms with Gasteiger partial charge < -0.3 is 10.6 Å². The topological polar surface area (TPSA) is 135 Å². The van der Waals surface area contributed by atoms with Gasteiger partial charge in [0.15, 0.2) is 5.82 Å². The van der Waals surface area contributed by atoms with E-state index in [2.05, 4.69) is 15.0 Å². The SMILES string of the molecule is Cc1ccc(Sc2ccc(/C=C(\C#N)c3nc(N)nc(N(C)C)n3)cc2[N+](=O)[O-])cc1.